The van der Waals surface area contributed by atoms with Crippen molar-refractivity contribution in [3.8, 4) is 11.4 Å². The van der Waals surface area contributed by atoms with Crippen LogP contribution in [0.1, 0.15) is 28.9 Å². The van der Waals surface area contributed by atoms with Gasteiger partial charge in [0.15, 0.2) is 5.82 Å². The molecule has 29 heavy (non-hydrogen) atoms. The van der Waals surface area contributed by atoms with Crippen LogP contribution in [0.5, 0.6) is 0 Å². The number of anilines is 1. The first kappa shape index (κ1) is 19.1. The number of halogens is 1. The lowest BCUT2D eigenvalue weighted by Crippen LogP contribution is -2.28. The number of amides is 1. The van der Waals surface area contributed by atoms with Gasteiger partial charge in [0.2, 0.25) is 0 Å². The van der Waals surface area contributed by atoms with Gasteiger partial charge in [-0.1, -0.05) is 42.5 Å². The predicted molar refractivity (Wildman–Crippen MR) is 111 cm³/mol. The van der Waals surface area contributed by atoms with Crippen LogP contribution in [0.3, 0.4) is 0 Å². The quantitative estimate of drug-likeness (QED) is 0.686. The molecule has 1 N–H and O–H groups in total. The van der Waals surface area contributed by atoms with E-state index in [0.717, 1.165) is 43.5 Å². The van der Waals surface area contributed by atoms with Crippen molar-refractivity contribution in [1.82, 2.24) is 14.9 Å². The summed E-state index contributed by atoms with van der Waals surface area (Å²) in [4.78, 5) is 23.9. The third kappa shape index (κ3) is 4.77. The van der Waals surface area contributed by atoms with Crippen molar-refractivity contribution in [1.29, 1.82) is 0 Å². The Morgan fingerprint density at radius 3 is 2.45 bits per heavy atom. The van der Waals surface area contributed by atoms with Crippen LogP contribution in [0.2, 0.25) is 0 Å². The van der Waals surface area contributed by atoms with Gasteiger partial charge < -0.3 is 10.2 Å². The van der Waals surface area contributed by atoms with Crippen LogP contribution in [-0.2, 0) is 6.42 Å². The van der Waals surface area contributed by atoms with Gasteiger partial charge in [0, 0.05) is 31.3 Å². The zero-order valence-corrected chi connectivity index (χ0v) is 16.1. The van der Waals surface area contributed by atoms with Gasteiger partial charge in [0.1, 0.15) is 17.3 Å². The third-order valence-electron chi connectivity index (χ3n) is 5.00. The number of nitrogens with one attached hydrogen (secondary N) is 1. The van der Waals surface area contributed by atoms with E-state index in [9.17, 15) is 9.18 Å². The number of nitrogens with zero attached hydrogens (tertiary/aromatic N) is 3. The summed E-state index contributed by atoms with van der Waals surface area (Å²) in [7, 11) is 0. The van der Waals surface area contributed by atoms with E-state index in [0.29, 0.717) is 23.9 Å². The molecular formula is C23H23FN4O. The van der Waals surface area contributed by atoms with Crippen LogP contribution in [0.4, 0.5) is 10.2 Å². The molecule has 2 aromatic carbocycles. The number of aromatic nitrogens is 2. The van der Waals surface area contributed by atoms with Crippen molar-refractivity contribution in [3.63, 3.8) is 0 Å². The molecule has 4 rings (SSSR count). The van der Waals surface area contributed by atoms with E-state index in [2.05, 4.69) is 15.3 Å². The van der Waals surface area contributed by atoms with Crippen molar-refractivity contribution in [2.75, 3.05) is 25.0 Å². The van der Waals surface area contributed by atoms with Gasteiger partial charge in [0.05, 0.1) is 0 Å². The summed E-state index contributed by atoms with van der Waals surface area (Å²) in [5.74, 6) is 0.849. The minimum absolute atomic E-state index is 0.0522. The van der Waals surface area contributed by atoms with E-state index in [1.54, 1.807) is 18.2 Å². The molecule has 0 unspecified atom stereocenters. The highest BCUT2D eigenvalue weighted by atomic mass is 19.1. The molecule has 0 atom stereocenters. The summed E-state index contributed by atoms with van der Waals surface area (Å²) in [5, 5.41) is 3.29. The average Bonchev–Trinajstić information content (AvgIpc) is 3.30. The Kier molecular flexibility index (Phi) is 5.79. The normalized spacial score (nSPS) is 13.5. The monoisotopic (exact) mass is 390 g/mol. The van der Waals surface area contributed by atoms with E-state index in [-0.39, 0.29) is 11.7 Å². The van der Waals surface area contributed by atoms with Crippen LogP contribution in [-0.4, -0.2) is 40.4 Å². The number of carbonyl (C=O) groups is 1. The SMILES string of the molecule is O=C(c1cc(NCCc2ccc(F)cc2)nc(-c2ccccc2)n1)N1CCCC1. The van der Waals surface area contributed by atoms with Crippen LogP contribution in [0.15, 0.2) is 60.7 Å². The fourth-order valence-electron chi connectivity index (χ4n) is 3.43. The predicted octanol–water partition coefficient (Wildman–Crippen LogP) is 4.17. The average molecular weight is 390 g/mol. The minimum Gasteiger partial charge on any atom is -0.370 e. The largest absolute Gasteiger partial charge is 0.370 e. The number of hydrogen-bond acceptors (Lipinski definition) is 4. The summed E-state index contributed by atoms with van der Waals surface area (Å²) >= 11 is 0. The molecule has 6 heteroatoms. The fraction of sp³-hybridized carbons (Fsp3) is 0.261. The summed E-state index contributed by atoms with van der Waals surface area (Å²) < 4.78 is 13.1. The lowest BCUT2D eigenvalue weighted by atomic mass is 10.1. The molecule has 0 bridgehead atoms. The number of carbonyl (C=O) groups excluding carboxylic acids is 1. The van der Waals surface area contributed by atoms with Crippen molar-refractivity contribution in [2.24, 2.45) is 0 Å². The Balaban J connectivity index is 1.55. The zero-order chi connectivity index (χ0) is 20.1. The first-order chi connectivity index (χ1) is 14.2. The molecule has 3 aromatic rings. The molecule has 148 valence electrons. The van der Waals surface area contributed by atoms with E-state index in [1.165, 1.54) is 12.1 Å². The summed E-state index contributed by atoms with van der Waals surface area (Å²) in [6.07, 6.45) is 2.79. The Bertz CT molecular complexity index is 970. The zero-order valence-electron chi connectivity index (χ0n) is 16.1. The minimum atomic E-state index is -0.241. The number of likely N-dealkylation sites (tertiary alicyclic amines) is 1. The standard InChI is InChI=1S/C23H23FN4O/c24-19-10-8-17(9-11-19)12-13-25-21-16-20(23(29)28-14-4-5-15-28)26-22(27-21)18-6-2-1-3-7-18/h1-3,6-11,16H,4-5,12-15H2,(H,25,26,27). The maximum atomic E-state index is 13.1. The lowest BCUT2D eigenvalue weighted by molar-refractivity contribution is 0.0787. The second-order valence-electron chi connectivity index (χ2n) is 7.13. The molecule has 0 aliphatic carbocycles. The van der Waals surface area contributed by atoms with Crippen LogP contribution >= 0.6 is 0 Å². The molecule has 1 fully saturated rings. The van der Waals surface area contributed by atoms with Crippen LogP contribution in [0, 0.1) is 5.82 Å². The highest BCUT2D eigenvalue weighted by molar-refractivity contribution is 5.93. The van der Waals surface area contributed by atoms with E-state index in [1.807, 2.05) is 35.2 Å². The van der Waals surface area contributed by atoms with Crippen molar-refractivity contribution in [2.45, 2.75) is 19.3 Å². The van der Waals surface area contributed by atoms with Gasteiger partial charge >= 0.3 is 0 Å². The molecule has 1 aromatic heterocycles. The second kappa shape index (κ2) is 8.82. The van der Waals surface area contributed by atoms with Gasteiger partial charge in [-0.3, -0.25) is 4.79 Å². The Hall–Kier alpha value is -3.28. The highest BCUT2D eigenvalue weighted by Gasteiger charge is 2.22. The van der Waals surface area contributed by atoms with Crippen molar-refractivity contribution < 1.29 is 9.18 Å². The Morgan fingerprint density at radius 2 is 1.72 bits per heavy atom. The molecule has 1 aliphatic heterocycles. The lowest BCUT2D eigenvalue weighted by Gasteiger charge is -2.16. The van der Waals surface area contributed by atoms with E-state index in [4.69, 9.17) is 0 Å². The molecule has 1 aliphatic rings. The molecule has 1 amide bonds. The van der Waals surface area contributed by atoms with Crippen LogP contribution < -0.4 is 5.32 Å². The molecule has 0 saturated carbocycles. The van der Waals surface area contributed by atoms with E-state index >= 15 is 0 Å². The molecule has 2 heterocycles. The van der Waals surface area contributed by atoms with Gasteiger partial charge in [-0.05, 0) is 37.0 Å². The van der Waals surface area contributed by atoms with Gasteiger partial charge in [-0.15, -0.1) is 0 Å². The van der Waals surface area contributed by atoms with Crippen molar-refractivity contribution in [3.05, 3.63) is 77.7 Å². The number of hydrogen-bond donors (Lipinski definition) is 1. The Morgan fingerprint density at radius 1 is 1.00 bits per heavy atom. The summed E-state index contributed by atoms with van der Waals surface area (Å²) in [5.41, 5.74) is 2.31. The number of benzene rings is 2. The summed E-state index contributed by atoms with van der Waals surface area (Å²) in [6, 6.07) is 17.8. The fourth-order valence-corrected chi connectivity index (χ4v) is 3.43. The Labute approximate surface area is 169 Å². The molecule has 0 spiro atoms. The molecular weight excluding hydrogens is 367 g/mol. The first-order valence-corrected chi connectivity index (χ1v) is 9.91. The smallest absolute Gasteiger partial charge is 0.272 e. The van der Waals surface area contributed by atoms with Gasteiger partial charge in [-0.2, -0.15) is 0 Å². The molecule has 0 radical (unpaired) electrons. The maximum absolute atomic E-state index is 13.1. The third-order valence-corrected chi connectivity index (χ3v) is 5.00. The van der Waals surface area contributed by atoms with Gasteiger partial charge in [0.25, 0.3) is 5.91 Å². The molecule has 1 saturated heterocycles. The van der Waals surface area contributed by atoms with Crippen LogP contribution in [0.25, 0.3) is 11.4 Å². The van der Waals surface area contributed by atoms with Crippen molar-refractivity contribution >= 4 is 11.7 Å². The van der Waals surface area contributed by atoms with Gasteiger partial charge in [-0.25, -0.2) is 14.4 Å². The number of rotatable bonds is 6. The second-order valence-corrected chi connectivity index (χ2v) is 7.13. The molecule has 5 nitrogen and oxygen atoms in total. The highest BCUT2D eigenvalue weighted by Crippen LogP contribution is 2.20. The first-order valence-electron chi connectivity index (χ1n) is 9.91. The van der Waals surface area contributed by atoms with E-state index < -0.39 is 0 Å². The topological polar surface area (TPSA) is 58.1 Å². The summed E-state index contributed by atoms with van der Waals surface area (Å²) in [6.45, 7) is 2.17. The maximum Gasteiger partial charge on any atom is 0.272 e.